The van der Waals surface area contributed by atoms with Gasteiger partial charge in [0.2, 0.25) is 29.0 Å². The number of carbonyl (C=O) groups is 4. The van der Waals surface area contributed by atoms with Crippen LogP contribution in [0.1, 0.15) is 43.5 Å². The van der Waals surface area contributed by atoms with Crippen molar-refractivity contribution in [3.8, 4) is 0 Å². The van der Waals surface area contributed by atoms with Gasteiger partial charge in [-0.25, -0.2) is 4.90 Å². The van der Waals surface area contributed by atoms with Crippen LogP contribution in [0.2, 0.25) is 0 Å². The van der Waals surface area contributed by atoms with Crippen molar-refractivity contribution in [2.75, 3.05) is 4.90 Å². The van der Waals surface area contributed by atoms with E-state index in [1.54, 1.807) is 36.4 Å². The third kappa shape index (κ3) is 2.75. The molecule has 7 rings (SSSR count). The van der Waals surface area contributed by atoms with E-state index in [2.05, 4.69) is 0 Å². The van der Waals surface area contributed by atoms with Gasteiger partial charge in [0.05, 0.1) is 23.6 Å². The van der Waals surface area contributed by atoms with Gasteiger partial charge in [-0.3, -0.25) is 19.2 Å². The number of carbonyl (C=O) groups excluding carboxylic acids is 4. The van der Waals surface area contributed by atoms with E-state index in [1.807, 2.05) is 62.4 Å². The molecule has 0 radical (unpaired) electrons. The molecule has 1 aliphatic carbocycles. The van der Waals surface area contributed by atoms with Crippen molar-refractivity contribution in [1.29, 1.82) is 0 Å². The lowest BCUT2D eigenvalue weighted by Crippen LogP contribution is -2.51. The molecule has 0 saturated carbocycles. The van der Waals surface area contributed by atoms with Crippen molar-refractivity contribution >= 4 is 39.8 Å². The molecule has 3 aliphatic rings. The summed E-state index contributed by atoms with van der Waals surface area (Å²) in [5.41, 5.74) is 1.42. The van der Waals surface area contributed by atoms with E-state index < -0.39 is 46.9 Å². The van der Waals surface area contributed by atoms with Gasteiger partial charge in [-0.1, -0.05) is 72.8 Å². The summed E-state index contributed by atoms with van der Waals surface area (Å²) in [6.45, 7) is 3.86. The van der Waals surface area contributed by atoms with E-state index in [9.17, 15) is 19.2 Å². The van der Waals surface area contributed by atoms with E-state index in [1.165, 1.54) is 0 Å². The molecule has 4 aromatic carbocycles. The fraction of sp³-hybridized carbons (Fsp3) is 0.188. The molecule has 4 aromatic rings. The molecular weight excluding hydrogens is 478 g/mol. The van der Waals surface area contributed by atoms with E-state index >= 15 is 0 Å². The Labute approximate surface area is 218 Å². The number of ether oxygens (including phenoxy) is 1. The number of benzene rings is 4. The van der Waals surface area contributed by atoms with Crippen molar-refractivity contribution in [3.63, 3.8) is 0 Å². The summed E-state index contributed by atoms with van der Waals surface area (Å²) in [4.78, 5) is 57.4. The van der Waals surface area contributed by atoms with E-state index in [4.69, 9.17) is 4.74 Å². The monoisotopic (exact) mass is 501 g/mol. The van der Waals surface area contributed by atoms with Crippen molar-refractivity contribution in [1.82, 2.24) is 0 Å². The van der Waals surface area contributed by atoms with Crippen molar-refractivity contribution < 1.29 is 23.9 Å². The van der Waals surface area contributed by atoms with Gasteiger partial charge in [0.1, 0.15) is 0 Å². The number of amides is 2. The normalized spacial score (nSPS) is 23.5. The Morgan fingerprint density at radius 3 is 2.08 bits per heavy atom. The van der Waals surface area contributed by atoms with E-state index in [0.717, 1.165) is 26.8 Å². The molecule has 0 bridgehead atoms. The van der Waals surface area contributed by atoms with E-state index in [0.29, 0.717) is 11.3 Å². The van der Waals surface area contributed by atoms with Crippen LogP contribution in [0.3, 0.4) is 0 Å². The fourth-order valence-electron chi connectivity index (χ4n) is 6.42. The highest BCUT2D eigenvalue weighted by atomic mass is 16.5. The minimum absolute atomic E-state index is 0.222. The second-order valence-corrected chi connectivity index (χ2v) is 10.3. The number of ketones is 2. The topological polar surface area (TPSA) is 80.8 Å². The maximum absolute atomic E-state index is 14.2. The predicted molar refractivity (Wildman–Crippen MR) is 141 cm³/mol. The van der Waals surface area contributed by atoms with Crippen LogP contribution in [-0.2, 0) is 14.3 Å². The zero-order chi connectivity index (χ0) is 26.3. The molecule has 6 nitrogen and oxygen atoms in total. The summed E-state index contributed by atoms with van der Waals surface area (Å²) in [5.74, 6) is -4.46. The number of aryl methyl sites for hydroxylation is 2. The van der Waals surface area contributed by atoms with Crippen LogP contribution in [0.4, 0.5) is 5.69 Å². The number of hydrogen-bond donors (Lipinski definition) is 0. The number of Topliss-reactive ketones (excluding diaryl/α,β-unsaturated/α-hetero) is 2. The predicted octanol–water partition coefficient (Wildman–Crippen LogP) is 5.15. The first-order chi connectivity index (χ1) is 18.3. The lowest BCUT2D eigenvalue weighted by Gasteiger charge is -2.27. The molecule has 186 valence electrons. The highest BCUT2D eigenvalue weighted by Crippen LogP contribution is 2.58. The molecule has 38 heavy (non-hydrogen) atoms. The number of hydrogen-bond acceptors (Lipinski definition) is 5. The minimum atomic E-state index is -2.09. The Kier molecular flexibility index (Phi) is 4.66. The molecule has 2 saturated heterocycles. The summed E-state index contributed by atoms with van der Waals surface area (Å²) in [6.07, 6.45) is -0.957. The average Bonchev–Trinajstić information content (AvgIpc) is 3.50. The summed E-state index contributed by atoms with van der Waals surface area (Å²) in [5, 5.41) is 1.78. The van der Waals surface area contributed by atoms with Gasteiger partial charge < -0.3 is 4.74 Å². The minimum Gasteiger partial charge on any atom is -0.349 e. The van der Waals surface area contributed by atoms with Gasteiger partial charge in [0, 0.05) is 11.1 Å². The van der Waals surface area contributed by atoms with Crippen LogP contribution in [0.5, 0.6) is 0 Å². The molecule has 2 heterocycles. The van der Waals surface area contributed by atoms with Gasteiger partial charge in [-0.15, -0.1) is 0 Å². The molecule has 2 aliphatic heterocycles. The van der Waals surface area contributed by atoms with Crippen LogP contribution >= 0.6 is 0 Å². The second-order valence-electron chi connectivity index (χ2n) is 10.3. The lowest BCUT2D eigenvalue weighted by atomic mass is 9.77. The fourth-order valence-corrected chi connectivity index (χ4v) is 6.42. The third-order valence-electron chi connectivity index (χ3n) is 8.40. The summed E-state index contributed by atoms with van der Waals surface area (Å²) >= 11 is 0. The van der Waals surface area contributed by atoms with Gasteiger partial charge in [0.15, 0.2) is 0 Å². The van der Waals surface area contributed by atoms with Gasteiger partial charge in [-0.2, -0.15) is 0 Å². The average molecular weight is 502 g/mol. The molecular formula is C32H23NO5. The number of nitrogens with zero attached hydrogens (tertiary/aromatic N) is 1. The van der Waals surface area contributed by atoms with Crippen LogP contribution in [0, 0.1) is 25.7 Å². The number of fused-ring (bicyclic) bond motifs is 4. The SMILES string of the molecule is Cc1ccc(N2C(=O)C3C(c4cccc5ccccc45)OC4(C(=O)c5ccccc5C4=O)C3C2=O)cc1C. The lowest BCUT2D eigenvalue weighted by molar-refractivity contribution is -0.127. The highest BCUT2D eigenvalue weighted by Gasteiger charge is 2.74. The Balaban J connectivity index is 1.46. The van der Waals surface area contributed by atoms with E-state index in [-0.39, 0.29) is 11.1 Å². The Bertz CT molecular complexity index is 1700. The largest absolute Gasteiger partial charge is 0.349 e. The Morgan fingerprint density at radius 1 is 0.711 bits per heavy atom. The standard InChI is InChI=1S/C32H23NO5/c1-17-14-15-20(16-18(17)2)33-30(36)25-26(31(33)37)32(28(34)23-11-5-6-12-24(23)29(32)35)38-27(25)22-13-7-9-19-8-3-4-10-21(19)22/h3-16,25-27H,1-2H3. The summed E-state index contributed by atoms with van der Waals surface area (Å²) in [7, 11) is 0. The zero-order valence-corrected chi connectivity index (χ0v) is 20.8. The van der Waals surface area contributed by atoms with Crippen LogP contribution in [0.15, 0.2) is 84.9 Å². The van der Waals surface area contributed by atoms with Crippen molar-refractivity contribution in [3.05, 3.63) is 113 Å². The van der Waals surface area contributed by atoms with Crippen LogP contribution in [0.25, 0.3) is 10.8 Å². The smallest absolute Gasteiger partial charge is 0.241 e. The summed E-state index contributed by atoms with van der Waals surface area (Å²) < 4.78 is 6.48. The van der Waals surface area contributed by atoms with Crippen molar-refractivity contribution in [2.24, 2.45) is 11.8 Å². The first kappa shape index (κ1) is 22.8. The molecule has 2 fully saturated rings. The molecule has 1 spiro atoms. The third-order valence-corrected chi connectivity index (χ3v) is 8.40. The molecule has 3 unspecified atom stereocenters. The highest BCUT2D eigenvalue weighted by molar-refractivity contribution is 6.37. The first-order valence-electron chi connectivity index (χ1n) is 12.6. The van der Waals surface area contributed by atoms with Crippen LogP contribution in [-0.4, -0.2) is 29.0 Å². The number of rotatable bonds is 2. The number of anilines is 1. The molecule has 2 amide bonds. The van der Waals surface area contributed by atoms with Crippen LogP contribution < -0.4 is 4.90 Å². The molecule has 6 heteroatoms. The Morgan fingerprint density at radius 2 is 1.37 bits per heavy atom. The quantitative estimate of drug-likeness (QED) is 0.280. The zero-order valence-electron chi connectivity index (χ0n) is 20.8. The van der Waals surface area contributed by atoms with Gasteiger partial charge in [-0.05, 0) is 53.4 Å². The molecule has 3 atom stereocenters. The second kappa shape index (κ2) is 7.79. The molecule has 0 N–H and O–H groups in total. The molecule has 0 aromatic heterocycles. The van der Waals surface area contributed by atoms with Crippen molar-refractivity contribution in [2.45, 2.75) is 25.6 Å². The Hall–Kier alpha value is -4.42. The first-order valence-corrected chi connectivity index (χ1v) is 12.6. The van der Waals surface area contributed by atoms with Gasteiger partial charge >= 0.3 is 0 Å². The summed E-state index contributed by atoms with van der Waals surface area (Å²) in [6, 6.07) is 25.2. The van der Waals surface area contributed by atoms with Gasteiger partial charge in [0.25, 0.3) is 0 Å². The number of imide groups is 1. The maximum atomic E-state index is 14.2. The maximum Gasteiger partial charge on any atom is 0.241 e.